The number of alkyl halides is 3. The second-order valence-corrected chi connectivity index (χ2v) is 7.00. The average Bonchev–Trinajstić information content (AvgIpc) is 2.72. The second-order valence-electron chi connectivity index (χ2n) is 7.00. The zero-order valence-corrected chi connectivity index (χ0v) is 18.1. The monoisotopic (exact) mass is 396 g/mol. The molecule has 158 valence electrons. The molecule has 1 aromatic carbocycles. The first-order valence-electron chi connectivity index (χ1n) is 10.2. The van der Waals surface area contributed by atoms with Crippen LogP contribution < -0.4 is 10.2 Å². The van der Waals surface area contributed by atoms with Crippen molar-refractivity contribution in [3.05, 3.63) is 52.7 Å². The van der Waals surface area contributed by atoms with E-state index in [1.54, 1.807) is 0 Å². The van der Waals surface area contributed by atoms with Gasteiger partial charge in [0.25, 0.3) is 0 Å². The molecule has 0 radical (unpaired) electrons. The van der Waals surface area contributed by atoms with Crippen LogP contribution in [-0.4, -0.2) is 20.1 Å². The van der Waals surface area contributed by atoms with Gasteiger partial charge in [0.15, 0.2) is 0 Å². The third-order valence-corrected chi connectivity index (χ3v) is 5.28. The average molecular weight is 397 g/mol. The largest absolute Gasteiger partial charge is 0.416 e. The zero-order valence-electron chi connectivity index (χ0n) is 18.1. The molecule has 1 fully saturated rings. The van der Waals surface area contributed by atoms with E-state index >= 15 is 0 Å². The van der Waals surface area contributed by atoms with Crippen LogP contribution in [0, 0.1) is 5.92 Å². The molecule has 0 atom stereocenters. The van der Waals surface area contributed by atoms with Crippen LogP contribution in [0.25, 0.3) is 0 Å². The lowest BCUT2D eigenvalue weighted by molar-refractivity contribution is -0.137. The van der Waals surface area contributed by atoms with Gasteiger partial charge in [-0.1, -0.05) is 26.3 Å². The van der Waals surface area contributed by atoms with E-state index in [0.717, 1.165) is 55.9 Å². The number of allylic oxidation sites excluding steroid dienone is 4. The maximum absolute atomic E-state index is 12.7. The predicted molar refractivity (Wildman–Crippen MR) is 114 cm³/mol. The number of hydrogen-bond donors (Lipinski definition) is 1. The van der Waals surface area contributed by atoms with Crippen molar-refractivity contribution in [1.29, 1.82) is 0 Å². The highest BCUT2D eigenvalue weighted by Gasteiger charge is 2.30. The van der Waals surface area contributed by atoms with Gasteiger partial charge in [0.05, 0.1) is 5.56 Å². The fraction of sp³-hybridized carbons (Fsp3) is 0.565. The summed E-state index contributed by atoms with van der Waals surface area (Å²) in [6.45, 7) is 12.4. The normalized spacial score (nSPS) is 16.8. The highest BCUT2D eigenvalue weighted by Crippen LogP contribution is 2.32. The molecule has 1 heterocycles. The molecule has 5 heteroatoms. The van der Waals surface area contributed by atoms with Crippen molar-refractivity contribution in [3.63, 3.8) is 0 Å². The SMILES string of the molecule is CC.CC/C(C)=C(/C=C(/C)N(C)c1ccc(C(F)(F)F)cc1)C1CCNCC1. The molecule has 0 amide bonds. The van der Waals surface area contributed by atoms with Gasteiger partial charge in [0, 0.05) is 18.4 Å². The Balaban J connectivity index is 0.00000190. The molecule has 0 bridgehead atoms. The summed E-state index contributed by atoms with van der Waals surface area (Å²) in [5.41, 5.74) is 3.94. The summed E-state index contributed by atoms with van der Waals surface area (Å²) in [5, 5.41) is 3.40. The number of nitrogens with zero attached hydrogens (tertiary/aromatic N) is 1. The van der Waals surface area contributed by atoms with E-state index in [1.807, 2.05) is 32.7 Å². The molecule has 0 aromatic heterocycles. The molecule has 1 aliphatic rings. The number of halogens is 3. The van der Waals surface area contributed by atoms with E-state index < -0.39 is 11.7 Å². The number of rotatable bonds is 5. The third-order valence-electron chi connectivity index (χ3n) is 5.28. The van der Waals surface area contributed by atoms with Gasteiger partial charge in [0.1, 0.15) is 0 Å². The molecule has 28 heavy (non-hydrogen) atoms. The van der Waals surface area contributed by atoms with Crippen molar-refractivity contribution < 1.29 is 13.2 Å². The lowest BCUT2D eigenvalue weighted by atomic mass is 9.86. The smallest absolute Gasteiger partial charge is 0.348 e. The number of nitrogens with one attached hydrogen (secondary N) is 1. The first-order valence-corrected chi connectivity index (χ1v) is 10.2. The van der Waals surface area contributed by atoms with Gasteiger partial charge in [-0.05, 0) is 88.0 Å². The van der Waals surface area contributed by atoms with Crippen molar-refractivity contribution in [2.45, 2.75) is 60.1 Å². The fourth-order valence-corrected chi connectivity index (χ4v) is 3.33. The molecule has 1 aromatic rings. The predicted octanol–water partition coefficient (Wildman–Crippen LogP) is 6.80. The lowest BCUT2D eigenvalue weighted by Gasteiger charge is -2.27. The van der Waals surface area contributed by atoms with Crippen LogP contribution in [-0.2, 0) is 6.18 Å². The Labute approximate surface area is 168 Å². The summed E-state index contributed by atoms with van der Waals surface area (Å²) in [7, 11) is 1.90. The van der Waals surface area contributed by atoms with Gasteiger partial charge in [-0.2, -0.15) is 13.2 Å². The molecule has 0 aliphatic carbocycles. The van der Waals surface area contributed by atoms with Gasteiger partial charge >= 0.3 is 6.18 Å². The van der Waals surface area contributed by atoms with Gasteiger partial charge in [-0.25, -0.2) is 0 Å². The quantitative estimate of drug-likeness (QED) is 0.551. The molecule has 1 aliphatic heterocycles. The molecule has 0 saturated carbocycles. The summed E-state index contributed by atoms with van der Waals surface area (Å²) in [6, 6.07) is 5.33. The Morgan fingerprint density at radius 3 is 2.11 bits per heavy atom. The van der Waals surface area contributed by atoms with Crippen LogP contribution in [0.15, 0.2) is 47.2 Å². The molecule has 1 saturated heterocycles. The van der Waals surface area contributed by atoms with Crippen LogP contribution >= 0.6 is 0 Å². The molecule has 0 unspecified atom stereocenters. The molecule has 2 nitrogen and oxygen atoms in total. The van der Waals surface area contributed by atoms with Crippen LogP contribution in [0.4, 0.5) is 18.9 Å². The van der Waals surface area contributed by atoms with E-state index in [9.17, 15) is 13.2 Å². The molecule has 1 N–H and O–H groups in total. The van der Waals surface area contributed by atoms with Crippen LogP contribution in [0.2, 0.25) is 0 Å². The molecule has 0 spiro atoms. The number of benzene rings is 1. The highest BCUT2D eigenvalue weighted by atomic mass is 19.4. The van der Waals surface area contributed by atoms with Gasteiger partial charge < -0.3 is 10.2 Å². The Morgan fingerprint density at radius 2 is 1.64 bits per heavy atom. The van der Waals surface area contributed by atoms with Crippen LogP contribution in [0.3, 0.4) is 0 Å². The van der Waals surface area contributed by atoms with E-state index in [-0.39, 0.29) is 0 Å². The highest BCUT2D eigenvalue weighted by molar-refractivity contribution is 5.53. The molecular formula is C23H35F3N2. The zero-order chi connectivity index (χ0) is 21.3. The van der Waals surface area contributed by atoms with Crippen molar-refractivity contribution in [2.24, 2.45) is 5.92 Å². The topological polar surface area (TPSA) is 15.3 Å². The second kappa shape index (κ2) is 11.3. The molecule has 2 rings (SSSR count). The Morgan fingerprint density at radius 1 is 1.11 bits per heavy atom. The van der Waals surface area contributed by atoms with Crippen molar-refractivity contribution in [1.82, 2.24) is 5.32 Å². The fourth-order valence-electron chi connectivity index (χ4n) is 3.33. The summed E-state index contributed by atoms with van der Waals surface area (Å²) in [6.07, 6.45) is 1.17. The van der Waals surface area contributed by atoms with Crippen LogP contribution in [0.1, 0.15) is 59.4 Å². The maximum Gasteiger partial charge on any atom is 0.416 e. The van der Waals surface area contributed by atoms with Gasteiger partial charge in [-0.15, -0.1) is 0 Å². The first kappa shape index (κ1) is 24.3. The number of anilines is 1. The molecular weight excluding hydrogens is 361 g/mol. The van der Waals surface area contributed by atoms with Crippen LogP contribution in [0.5, 0.6) is 0 Å². The minimum Gasteiger partial charge on any atom is -0.348 e. The van der Waals surface area contributed by atoms with Gasteiger partial charge in [-0.3, -0.25) is 0 Å². The standard InChI is InChI=1S/C21H29F3N2.C2H6/c1-5-15(2)20(17-10-12-25-13-11-17)14-16(3)26(4)19-8-6-18(7-9-19)21(22,23)24;1-2/h6-9,14,17,25H,5,10-13H2,1-4H3;1-2H3/b16-14-,20-15-;. The minimum absolute atomic E-state index is 0.548. The maximum atomic E-state index is 12.7. The Hall–Kier alpha value is -1.75. The Bertz CT molecular complexity index is 651. The van der Waals surface area contributed by atoms with Crippen molar-refractivity contribution in [2.75, 3.05) is 25.0 Å². The summed E-state index contributed by atoms with van der Waals surface area (Å²) >= 11 is 0. The Kier molecular flexibility index (Phi) is 9.80. The third kappa shape index (κ3) is 6.69. The number of piperidine rings is 1. The van der Waals surface area contributed by atoms with Crippen molar-refractivity contribution in [3.8, 4) is 0 Å². The minimum atomic E-state index is -4.30. The van der Waals surface area contributed by atoms with Crippen molar-refractivity contribution >= 4 is 5.69 Å². The van der Waals surface area contributed by atoms with E-state index in [1.165, 1.54) is 23.3 Å². The van der Waals surface area contributed by atoms with E-state index in [0.29, 0.717) is 5.92 Å². The first-order chi connectivity index (χ1) is 13.2. The van der Waals surface area contributed by atoms with Gasteiger partial charge in [0.2, 0.25) is 0 Å². The summed E-state index contributed by atoms with van der Waals surface area (Å²) in [5.74, 6) is 0.548. The van der Waals surface area contributed by atoms with E-state index in [2.05, 4.69) is 25.2 Å². The summed E-state index contributed by atoms with van der Waals surface area (Å²) in [4.78, 5) is 1.95. The van der Waals surface area contributed by atoms with E-state index in [4.69, 9.17) is 0 Å². The lowest BCUT2D eigenvalue weighted by Crippen LogP contribution is -2.29. The number of hydrogen-bond acceptors (Lipinski definition) is 2. The summed E-state index contributed by atoms with van der Waals surface area (Å²) < 4.78 is 38.2.